The van der Waals surface area contributed by atoms with E-state index < -0.39 is 11.7 Å². The van der Waals surface area contributed by atoms with Crippen LogP contribution in [0.2, 0.25) is 0 Å². The zero-order chi connectivity index (χ0) is 22.8. The summed E-state index contributed by atoms with van der Waals surface area (Å²) >= 11 is 0. The Kier molecular flexibility index (Phi) is 8.99. The first-order valence-corrected chi connectivity index (χ1v) is 10.2. The van der Waals surface area contributed by atoms with Crippen LogP contribution in [0.5, 0.6) is 5.75 Å². The Morgan fingerprint density at radius 1 is 1.00 bits per heavy atom. The number of benzene rings is 2. The van der Waals surface area contributed by atoms with Crippen molar-refractivity contribution in [2.75, 3.05) is 30.8 Å². The zero-order valence-electron chi connectivity index (χ0n) is 18.0. The fraction of sp³-hybridized carbons (Fsp3) is 0.348. The summed E-state index contributed by atoms with van der Waals surface area (Å²) in [5.74, 6) is -0.826. The van der Waals surface area contributed by atoms with E-state index in [9.17, 15) is 18.8 Å². The average molecular weight is 429 g/mol. The Labute approximate surface area is 181 Å². The van der Waals surface area contributed by atoms with Crippen LogP contribution in [-0.2, 0) is 9.59 Å². The molecule has 0 radical (unpaired) electrons. The molecule has 166 valence electrons. The van der Waals surface area contributed by atoms with Gasteiger partial charge in [0.15, 0.2) is 0 Å². The van der Waals surface area contributed by atoms with Crippen molar-refractivity contribution >= 4 is 29.1 Å². The van der Waals surface area contributed by atoms with Gasteiger partial charge in [0.1, 0.15) is 11.6 Å². The SMILES string of the molecule is CCN(CC)C(=O)CCCC(=O)Nc1ccc(OC)c(NC(=O)c2cccc(F)c2)c1. The van der Waals surface area contributed by atoms with Gasteiger partial charge in [0.2, 0.25) is 11.8 Å². The summed E-state index contributed by atoms with van der Waals surface area (Å²) < 4.78 is 18.6. The lowest BCUT2D eigenvalue weighted by Gasteiger charge is -2.18. The van der Waals surface area contributed by atoms with Crippen LogP contribution < -0.4 is 15.4 Å². The van der Waals surface area contributed by atoms with Gasteiger partial charge < -0.3 is 20.3 Å². The molecular weight excluding hydrogens is 401 g/mol. The van der Waals surface area contributed by atoms with Gasteiger partial charge in [-0.25, -0.2) is 4.39 Å². The minimum Gasteiger partial charge on any atom is -0.495 e. The van der Waals surface area contributed by atoms with Crippen LogP contribution >= 0.6 is 0 Å². The van der Waals surface area contributed by atoms with Crippen LogP contribution in [0.15, 0.2) is 42.5 Å². The van der Waals surface area contributed by atoms with Gasteiger partial charge in [-0.2, -0.15) is 0 Å². The lowest BCUT2D eigenvalue weighted by molar-refractivity contribution is -0.131. The van der Waals surface area contributed by atoms with Crippen molar-refractivity contribution in [3.05, 3.63) is 53.8 Å². The first-order valence-electron chi connectivity index (χ1n) is 10.2. The third kappa shape index (κ3) is 7.09. The molecule has 0 aliphatic carbocycles. The number of halogens is 1. The summed E-state index contributed by atoms with van der Waals surface area (Å²) in [6.07, 6.45) is 0.956. The lowest BCUT2D eigenvalue weighted by Crippen LogP contribution is -2.30. The summed E-state index contributed by atoms with van der Waals surface area (Å²) in [4.78, 5) is 38.4. The molecule has 0 aromatic heterocycles. The average Bonchev–Trinajstić information content (AvgIpc) is 2.75. The van der Waals surface area contributed by atoms with Crippen LogP contribution in [0.1, 0.15) is 43.5 Å². The predicted octanol–water partition coefficient (Wildman–Crippen LogP) is 4.06. The highest BCUT2D eigenvalue weighted by atomic mass is 19.1. The lowest BCUT2D eigenvalue weighted by atomic mass is 10.2. The zero-order valence-corrected chi connectivity index (χ0v) is 18.0. The van der Waals surface area contributed by atoms with Crippen LogP contribution in [0, 0.1) is 5.82 Å². The van der Waals surface area contributed by atoms with Crippen LogP contribution in [-0.4, -0.2) is 42.8 Å². The first kappa shape index (κ1) is 23.9. The Hall–Kier alpha value is -3.42. The van der Waals surface area contributed by atoms with E-state index in [1.165, 1.54) is 25.3 Å². The largest absolute Gasteiger partial charge is 0.495 e. The Morgan fingerprint density at radius 3 is 2.39 bits per heavy atom. The highest BCUT2D eigenvalue weighted by molar-refractivity contribution is 6.05. The number of methoxy groups -OCH3 is 1. The maximum atomic E-state index is 13.4. The molecule has 7 nitrogen and oxygen atoms in total. The van der Waals surface area contributed by atoms with E-state index in [0.29, 0.717) is 43.1 Å². The molecule has 0 spiro atoms. The van der Waals surface area contributed by atoms with Gasteiger partial charge in [-0.15, -0.1) is 0 Å². The number of ether oxygens (including phenoxy) is 1. The number of carbonyl (C=O) groups excluding carboxylic acids is 3. The van der Waals surface area contributed by atoms with Gasteiger partial charge in [0.05, 0.1) is 12.8 Å². The topological polar surface area (TPSA) is 87.7 Å². The van der Waals surface area contributed by atoms with Crippen LogP contribution in [0.4, 0.5) is 15.8 Å². The minimum atomic E-state index is -0.514. The molecule has 2 rings (SSSR count). The van der Waals surface area contributed by atoms with Crippen molar-refractivity contribution in [1.29, 1.82) is 0 Å². The molecule has 2 N–H and O–H groups in total. The molecule has 3 amide bonds. The third-order valence-electron chi connectivity index (χ3n) is 4.73. The Bertz CT molecular complexity index is 929. The molecule has 0 atom stereocenters. The van der Waals surface area contributed by atoms with E-state index in [0.717, 1.165) is 6.07 Å². The molecule has 2 aromatic rings. The number of amides is 3. The third-order valence-corrected chi connectivity index (χ3v) is 4.73. The maximum Gasteiger partial charge on any atom is 0.255 e. The van der Waals surface area contributed by atoms with E-state index in [1.54, 1.807) is 23.1 Å². The second-order valence-corrected chi connectivity index (χ2v) is 6.85. The summed E-state index contributed by atoms with van der Waals surface area (Å²) in [5.41, 5.74) is 0.969. The molecule has 0 bridgehead atoms. The quantitative estimate of drug-likeness (QED) is 0.596. The van der Waals surface area contributed by atoms with Crippen molar-refractivity contribution in [3.8, 4) is 5.75 Å². The van der Waals surface area contributed by atoms with Crippen molar-refractivity contribution < 1.29 is 23.5 Å². The van der Waals surface area contributed by atoms with Gasteiger partial charge in [-0.3, -0.25) is 14.4 Å². The van der Waals surface area contributed by atoms with Crippen molar-refractivity contribution in [2.24, 2.45) is 0 Å². The number of anilines is 2. The molecule has 0 unspecified atom stereocenters. The van der Waals surface area contributed by atoms with Crippen molar-refractivity contribution in [2.45, 2.75) is 33.1 Å². The molecule has 0 saturated carbocycles. The summed E-state index contributed by atoms with van der Waals surface area (Å²) in [6.45, 7) is 5.14. The van der Waals surface area contributed by atoms with Gasteiger partial charge >= 0.3 is 0 Å². The van der Waals surface area contributed by atoms with E-state index in [-0.39, 0.29) is 23.8 Å². The summed E-state index contributed by atoms with van der Waals surface area (Å²) in [7, 11) is 1.46. The van der Waals surface area contributed by atoms with E-state index >= 15 is 0 Å². The molecule has 0 aliphatic rings. The van der Waals surface area contributed by atoms with E-state index in [4.69, 9.17) is 4.74 Å². The van der Waals surface area contributed by atoms with Crippen molar-refractivity contribution in [1.82, 2.24) is 4.90 Å². The summed E-state index contributed by atoms with van der Waals surface area (Å²) in [5, 5.41) is 5.43. The highest BCUT2D eigenvalue weighted by Gasteiger charge is 2.13. The Balaban J connectivity index is 1.99. The van der Waals surface area contributed by atoms with Gasteiger partial charge in [-0.1, -0.05) is 6.07 Å². The maximum absolute atomic E-state index is 13.4. The molecule has 0 fully saturated rings. The first-order chi connectivity index (χ1) is 14.9. The van der Waals surface area contributed by atoms with Gasteiger partial charge in [0, 0.05) is 37.2 Å². The number of hydrogen-bond acceptors (Lipinski definition) is 4. The highest BCUT2D eigenvalue weighted by Crippen LogP contribution is 2.28. The second-order valence-electron chi connectivity index (χ2n) is 6.85. The number of rotatable bonds is 10. The van der Waals surface area contributed by atoms with Gasteiger partial charge in [0.25, 0.3) is 5.91 Å². The number of carbonyl (C=O) groups is 3. The molecular formula is C23H28FN3O4. The normalized spacial score (nSPS) is 10.3. The smallest absolute Gasteiger partial charge is 0.255 e. The molecule has 2 aromatic carbocycles. The fourth-order valence-electron chi connectivity index (χ4n) is 3.07. The number of nitrogens with one attached hydrogen (secondary N) is 2. The van der Waals surface area contributed by atoms with Crippen molar-refractivity contribution in [3.63, 3.8) is 0 Å². The number of hydrogen-bond donors (Lipinski definition) is 2. The molecule has 0 aliphatic heterocycles. The fourth-order valence-corrected chi connectivity index (χ4v) is 3.07. The molecule has 31 heavy (non-hydrogen) atoms. The second kappa shape index (κ2) is 11.7. The monoisotopic (exact) mass is 429 g/mol. The molecule has 0 saturated heterocycles. The predicted molar refractivity (Wildman–Crippen MR) is 118 cm³/mol. The standard InChI is InChI=1S/C23H28FN3O4/c1-4-27(5-2)22(29)11-7-10-21(28)25-18-12-13-20(31-3)19(15-18)26-23(30)16-8-6-9-17(24)14-16/h6,8-9,12-15H,4-5,7,10-11H2,1-3H3,(H,25,28)(H,26,30). The minimum absolute atomic E-state index is 0.0320. The summed E-state index contributed by atoms with van der Waals surface area (Å²) in [6, 6.07) is 10.2. The van der Waals surface area contributed by atoms with Crippen LogP contribution in [0.3, 0.4) is 0 Å². The Morgan fingerprint density at radius 2 is 1.74 bits per heavy atom. The van der Waals surface area contributed by atoms with E-state index in [2.05, 4.69) is 10.6 Å². The van der Waals surface area contributed by atoms with Gasteiger partial charge in [-0.05, 0) is 56.7 Å². The molecule has 8 heteroatoms. The molecule has 0 heterocycles. The van der Waals surface area contributed by atoms with E-state index in [1.807, 2.05) is 13.8 Å². The van der Waals surface area contributed by atoms with Crippen LogP contribution in [0.25, 0.3) is 0 Å². The number of nitrogens with zero attached hydrogens (tertiary/aromatic N) is 1.